The van der Waals surface area contributed by atoms with Crippen molar-refractivity contribution in [3.05, 3.63) is 52.8 Å². The fourth-order valence-electron chi connectivity index (χ4n) is 1.92. The molecule has 2 rings (SSSR count). The molecule has 0 saturated carbocycles. The number of aromatic nitrogens is 2. The Morgan fingerprint density at radius 1 is 1.32 bits per heavy atom. The van der Waals surface area contributed by atoms with Crippen LogP contribution in [0.4, 0.5) is 0 Å². The molecular weight excluding hydrogens is 258 g/mol. The van der Waals surface area contributed by atoms with Gasteiger partial charge in [-0.2, -0.15) is 5.10 Å². The average Bonchev–Trinajstić information content (AvgIpc) is 2.85. The molecule has 1 heterocycles. The number of nitrogens with zero attached hydrogens (tertiary/aromatic N) is 2. The molecular formula is C15H20ClN3. The van der Waals surface area contributed by atoms with Gasteiger partial charge in [-0.25, -0.2) is 0 Å². The van der Waals surface area contributed by atoms with Crippen molar-refractivity contribution < 1.29 is 0 Å². The van der Waals surface area contributed by atoms with Crippen LogP contribution >= 0.6 is 11.6 Å². The second-order valence-corrected chi connectivity index (χ2v) is 5.52. The van der Waals surface area contributed by atoms with Gasteiger partial charge in [0.15, 0.2) is 0 Å². The topological polar surface area (TPSA) is 29.9 Å². The summed E-state index contributed by atoms with van der Waals surface area (Å²) in [6.45, 7) is 7.19. The quantitative estimate of drug-likeness (QED) is 0.896. The maximum absolute atomic E-state index is 6.00. The lowest BCUT2D eigenvalue weighted by Crippen LogP contribution is -2.17. The second-order valence-electron chi connectivity index (χ2n) is 5.08. The van der Waals surface area contributed by atoms with Crippen LogP contribution in [0, 0.1) is 0 Å². The molecule has 0 fully saturated rings. The summed E-state index contributed by atoms with van der Waals surface area (Å²) >= 11 is 6.00. The molecule has 0 saturated heterocycles. The highest BCUT2D eigenvalue weighted by atomic mass is 35.5. The molecule has 1 aromatic heterocycles. The number of hydrogen-bond donors (Lipinski definition) is 1. The Kier molecular flexibility index (Phi) is 4.61. The minimum absolute atomic E-state index is 0.265. The molecule has 0 radical (unpaired) electrons. The Hall–Kier alpha value is -1.32. The van der Waals surface area contributed by atoms with Gasteiger partial charge in [-0.15, -0.1) is 0 Å². The molecule has 0 amide bonds. The number of hydrogen-bond acceptors (Lipinski definition) is 2. The summed E-state index contributed by atoms with van der Waals surface area (Å²) < 4.78 is 1.97. The van der Waals surface area contributed by atoms with E-state index in [1.165, 1.54) is 11.1 Å². The summed E-state index contributed by atoms with van der Waals surface area (Å²) in [6.07, 6.45) is 4.00. The van der Waals surface area contributed by atoms with Crippen molar-refractivity contribution in [2.24, 2.45) is 0 Å². The lowest BCUT2D eigenvalue weighted by Gasteiger charge is -2.13. The van der Waals surface area contributed by atoms with Crippen LogP contribution in [0.15, 0.2) is 36.7 Å². The summed E-state index contributed by atoms with van der Waals surface area (Å²) in [5, 5.41) is 8.60. The minimum Gasteiger partial charge on any atom is -0.306 e. The zero-order chi connectivity index (χ0) is 13.8. The molecule has 1 atom stereocenters. The van der Waals surface area contributed by atoms with Gasteiger partial charge < -0.3 is 5.32 Å². The van der Waals surface area contributed by atoms with Gasteiger partial charge in [-0.3, -0.25) is 4.68 Å². The van der Waals surface area contributed by atoms with Crippen molar-refractivity contribution in [3.8, 4) is 0 Å². The molecule has 0 aliphatic carbocycles. The van der Waals surface area contributed by atoms with Crippen LogP contribution in [0.2, 0.25) is 5.02 Å². The van der Waals surface area contributed by atoms with Crippen LogP contribution in [0.25, 0.3) is 0 Å². The van der Waals surface area contributed by atoms with Gasteiger partial charge in [0.2, 0.25) is 0 Å². The van der Waals surface area contributed by atoms with E-state index in [9.17, 15) is 0 Å². The first-order valence-electron chi connectivity index (χ1n) is 6.58. The summed E-state index contributed by atoms with van der Waals surface area (Å²) in [7, 11) is 0. The lowest BCUT2D eigenvalue weighted by molar-refractivity contribution is 0.530. The summed E-state index contributed by atoms with van der Waals surface area (Å²) in [4.78, 5) is 0. The van der Waals surface area contributed by atoms with Crippen LogP contribution in [0.5, 0.6) is 0 Å². The fourth-order valence-corrected chi connectivity index (χ4v) is 2.11. The third-order valence-electron chi connectivity index (χ3n) is 3.15. The first-order valence-corrected chi connectivity index (χ1v) is 6.96. The predicted molar refractivity (Wildman–Crippen MR) is 79.3 cm³/mol. The van der Waals surface area contributed by atoms with Gasteiger partial charge >= 0.3 is 0 Å². The van der Waals surface area contributed by atoms with Gasteiger partial charge in [0.25, 0.3) is 0 Å². The highest BCUT2D eigenvalue weighted by molar-refractivity contribution is 6.30. The van der Waals surface area contributed by atoms with Gasteiger partial charge in [-0.1, -0.05) is 23.7 Å². The van der Waals surface area contributed by atoms with Crippen molar-refractivity contribution in [2.75, 3.05) is 0 Å². The van der Waals surface area contributed by atoms with E-state index in [0.29, 0.717) is 6.04 Å². The molecule has 19 heavy (non-hydrogen) atoms. The monoisotopic (exact) mass is 277 g/mol. The number of nitrogens with one attached hydrogen (secondary N) is 1. The second kappa shape index (κ2) is 6.22. The van der Waals surface area contributed by atoms with E-state index >= 15 is 0 Å². The van der Waals surface area contributed by atoms with Gasteiger partial charge in [0.05, 0.1) is 6.20 Å². The fraction of sp³-hybridized carbons (Fsp3) is 0.400. The zero-order valence-electron chi connectivity index (χ0n) is 11.6. The van der Waals surface area contributed by atoms with E-state index in [0.717, 1.165) is 11.6 Å². The summed E-state index contributed by atoms with van der Waals surface area (Å²) in [5.74, 6) is 0. The number of rotatable bonds is 5. The largest absolute Gasteiger partial charge is 0.306 e. The normalized spacial score (nSPS) is 12.9. The highest BCUT2D eigenvalue weighted by Gasteiger charge is 2.07. The Morgan fingerprint density at radius 3 is 2.74 bits per heavy atom. The van der Waals surface area contributed by atoms with Crippen LogP contribution in [0.3, 0.4) is 0 Å². The Labute approximate surface area is 119 Å². The third kappa shape index (κ3) is 3.82. The predicted octanol–water partition coefficient (Wildman–Crippen LogP) is 3.97. The molecule has 0 bridgehead atoms. The standard InChI is InChI=1S/C15H20ClN3/c1-11(2)19-10-13(9-18-19)8-17-12(3)14-5-4-6-15(16)7-14/h4-7,9-12,17H,8H2,1-3H3/t12-/m0/s1. The first-order chi connectivity index (χ1) is 9.06. The van der Waals surface area contributed by atoms with E-state index < -0.39 is 0 Å². The minimum atomic E-state index is 0.265. The van der Waals surface area contributed by atoms with E-state index in [1.54, 1.807) is 0 Å². The third-order valence-corrected chi connectivity index (χ3v) is 3.38. The van der Waals surface area contributed by atoms with Crippen LogP contribution < -0.4 is 5.32 Å². The number of benzene rings is 1. The summed E-state index contributed by atoms with van der Waals surface area (Å²) in [6, 6.07) is 8.62. The van der Waals surface area contributed by atoms with Gasteiger partial charge in [0.1, 0.15) is 0 Å². The van der Waals surface area contributed by atoms with Crippen molar-refractivity contribution in [1.29, 1.82) is 0 Å². The van der Waals surface area contributed by atoms with Crippen molar-refractivity contribution in [1.82, 2.24) is 15.1 Å². The maximum Gasteiger partial charge on any atom is 0.0534 e. The van der Waals surface area contributed by atoms with Crippen LogP contribution in [-0.2, 0) is 6.54 Å². The van der Waals surface area contributed by atoms with E-state index in [4.69, 9.17) is 11.6 Å². The lowest BCUT2D eigenvalue weighted by atomic mass is 10.1. The zero-order valence-corrected chi connectivity index (χ0v) is 12.4. The molecule has 3 nitrogen and oxygen atoms in total. The van der Waals surface area contributed by atoms with E-state index in [2.05, 4.69) is 43.4 Å². The van der Waals surface area contributed by atoms with E-state index in [-0.39, 0.29) is 6.04 Å². The van der Waals surface area contributed by atoms with Crippen molar-refractivity contribution in [3.63, 3.8) is 0 Å². The smallest absolute Gasteiger partial charge is 0.0534 e. The molecule has 0 aliphatic rings. The SMILES string of the molecule is CC(C)n1cc(CN[C@@H](C)c2cccc(Cl)c2)cn1. The Balaban J connectivity index is 1.94. The van der Waals surface area contributed by atoms with Crippen LogP contribution in [0.1, 0.15) is 44.0 Å². The molecule has 1 aromatic carbocycles. The first kappa shape index (κ1) is 14.1. The van der Waals surface area contributed by atoms with Gasteiger partial charge in [-0.05, 0) is 38.5 Å². The van der Waals surface area contributed by atoms with Gasteiger partial charge in [0, 0.05) is 35.4 Å². The van der Waals surface area contributed by atoms with Crippen LogP contribution in [-0.4, -0.2) is 9.78 Å². The molecule has 102 valence electrons. The summed E-state index contributed by atoms with van der Waals surface area (Å²) in [5.41, 5.74) is 2.39. The molecule has 2 aromatic rings. The number of halogens is 1. The molecule has 0 aliphatic heterocycles. The molecule has 4 heteroatoms. The molecule has 1 N–H and O–H groups in total. The van der Waals surface area contributed by atoms with Crippen molar-refractivity contribution in [2.45, 2.75) is 39.4 Å². The van der Waals surface area contributed by atoms with E-state index in [1.807, 2.05) is 29.1 Å². The molecule has 0 unspecified atom stereocenters. The Morgan fingerprint density at radius 2 is 2.11 bits per heavy atom. The maximum atomic E-state index is 6.00. The van der Waals surface area contributed by atoms with Crippen molar-refractivity contribution >= 4 is 11.6 Å². The Bertz CT molecular complexity index is 534. The average molecular weight is 278 g/mol. The highest BCUT2D eigenvalue weighted by Crippen LogP contribution is 2.17. The molecule has 0 spiro atoms.